The van der Waals surface area contributed by atoms with Crippen molar-refractivity contribution >= 4 is 5.97 Å². The van der Waals surface area contributed by atoms with Crippen LogP contribution < -0.4 is 0 Å². The smallest absolute Gasteiger partial charge is 0.305 e. The van der Waals surface area contributed by atoms with E-state index >= 15 is 0 Å². The van der Waals surface area contributed by atoms with Crippen molar-refractivity contribution in [1.29, 1.82) is 0 Å². The average molecular weight is 220 g/mol. The summed E-state index contributed by atoms with van der Waals surface area (Å²) in [5.41, 5.74) is 2.87. The maximum Gasteiger partial charge on any atom is 0.305 e. The highest BCUT2D eigenvalue weighted by Gasteiger charge is 2.07. The fraction of sp³-hybridized carbons (Fsp3) is 0.300. The minimum atomic E-state index is -0.824. The summed E-state index contributed by atoms with van der Waals surface area (Å²) in [6.45, 7) is 2.33. The molecule has 0 amide bonds. The van der Waals surface area contributed by atoms with E-state index in [-0.39, 0.29) is 6.42 Å². The molecule has 84 valence electrons. The number of aromatic amines is 1. The van der Waals surface area contributed by atoms with Gasteiger partial charge in [0.15, 0.2) is 0 Å². The maximum absolute atomic E-state index is 10.4. The lowest BCUT2D eigenvalue weighted by molar-refractivity contribution is -0.137. The van der Waals surface area contributed by atoms with Crippen molar-refractivity contribution in [3.8, 4) is 11.3 Å². The van der Waals surface area contributed by atoms with Crippen molar-refractivity contribution in [2.75, 3.05) is 0 Å². The Kier molecular flexibility index (Phi) is 2.72. The molecule has 0 saturated carbocycles. The van der Waals surface area contributed by atoms with E-state index < -0.39 is 5.97 Å². The standard InChI is InChI=1S/C10H12N4O2/c1-7-4-11-13-10(7)8-5-12-14(6-8)3-2-9(15)16/h4-6H,2-3H2,1H3,(H,11,13)(H,15,16). The molecule has 0 aromatic carbocycles. The predicted octanol–water partition coefficient (Wildman–Crippen LogP) is 1.06. The second kappa shape index (κ2) is 4.18. The molecule has 16 heavy (non-hydrogen) atoms. The van der Waals surface area contributed by atoms with Crippen LogP contribution in [0.25, 0.3) is 11.3 Å². The van der Waals surface area contributed by atoms with E-state index in [4.69, 9.17) is 5.11 Å². The van der Waals surface area contributed by atoms with Crippen LogP contribution in [-0.2, 0) is 11.3 Å². The molecule has 0 radical (unpaired) electrons. The lowest BCUT2D eigenvalue weighted by Gasteiger charge is -1.96. The number of hydrogen-bond acceptors (Lipinski definition) is 3. The zero-order valence-electron chi connectivity index (χ0n) is 8.84. The third-order valence-electron chi connectivity index (χ3n) is 2.31. The number of carboxylic acids is 1. The van der Waals surface area contributed by atoms with Gasteiger partial charge in [0.05, 0.1) is 31.1 Å². The molecule has 0 saturated heterocycles. The fourth-order valence-corrected chi connectivity index (χ4v) is 1.46. The van der Waals surface area contributed by atoms with Crippen LogP contribution in [0.3, 0.4) is 0 Å². The third-order valence-corrected chi connectivity index (χ3v) is 2.31. The number of aryl methyl sites for hydroxylation is 2. The summed E-state index contributed by atoms with van der Waals surface area (Å²) < 4.78 is 1.61. The SMILES string of the molecule is Cc1cn[nH]c1-c1cnn(CCC(=O)O)c1. The molecule has 6 nitrogen and oxygen atoms in total. The summed E-state index contributed by atoms with van der Waals surface area (Å²) in [4.78, 5) is 10.4. The minimum absolute atomic E-state index is 0.0725. The van der Waals surface area contributed by atoms with Gasteiger partial charge in [0.2, 0.25) is 0 Å². The number of carboxylic acid groups (broad SMARTS) is 1. The molecule has 0 aliphatic heterocycles. The maximum atomic E-state index is 10.4. The van der Waals surface area contributed by atoms with Crippen molar-refractivity contribution in [2.24, 2.45) is 0 Å². The third kappa shape index (κ3) is 2.10. The van der Waals surface area contributed by atoms with Crippen molar-refractivity contribution in [3.63, 3.8) is 0 Å². The average Bonchev–Trinajstić information content (AvgIpc) is 2.83. The van der Waals surface area contributed by atoms with Crippen LogP contribution in [0.5, 0.6) is 0 Å². The number of rotatable bonds is 4. The molecule has 6 heteroatoms. The molecular formula is C10H12N4O2. The number of aliphatic carboxylic acids is 1. The van der Waals surface area contributed by atoms with E-state index in [2.05, 4.69) is 15.3 Å². The highest BCUT2D eigenvalue weighted by Crippen LogP contribution is 2.19. The molecule has 0 aliphatic rings. The van der Waals surface area contributed by atoms with Crippen molar-refractivity contribution in [2.45, 2.75) is 19.9 Å². The zero-order valence-corrected chi connectivity index (χ0v) is 8.84. The van der Waals surface area contributed by atoms with Gasteiger partial charge in [0, 0.05) is 11.8 Å². The summed E-state index contributed by atoms with van der Waals surface area (Å²) in [5.74, 6) is -0.824. The largest absolute Gasteiger partial charge is 0.481 e. The summed E-state index contributed by atoms with van der Waals surface area (Å²) in [6.07, 6.45) is 5.32. The summed E-state index contributed by atoms with van der Waals surface area (Å²) >= 11 is 0. The first-order valence-corrected chi connectivity index (χ1v) is 4.91. The number of nitrogens with zero attached hydrogens (tertiary/aromatic N) is 3. The Bertz CT molecular complexity index is 500. The van der Waals surface area contributed by atoms with Gasteiger partial charge >= 0.3 is 5.97 Å². The molecule has 2 aromatic rings. The second-order valence-corrected chi connectivity index (χ2v) is 3.56. The fourth-order valence-electron chi connectivity index (χ4n) is 1.46. The van der Waals surface area contributed by atoms with Crippen molar-refractivity contribution in [1.82, 2.24) is 20.0 Å². The highest BCUT2D eigenvalue weighted by molar-refractivity contribution is 5.66. The van der Waals surface area contributed by atoms with Gasteiger partial charge in [0.25, 0.3) is 0 Å². The van der Waals surface area contributed by atoms with Crippen LogP contribution in [0.15, 0.2) is 18.6 Å². The van der Waals surface area contributed by atoms with Gasteiger partial charge in [-0.1, -0.05) is 0 Å². The van der Waals surface area contributed by atoms with Crippen LogP contribution in [0, 0.1) is 6.92 Å². The van der Waals surface area contributed by atoms with Crippen molar-refractivity contribution < 1.29 is 9.90 Å². The molecule has 0 bridgehead atoms. The van der Waals surface area contributed by atoms with Gasteiger partial charge in [-0.25, -0.2) is 0 Å². The number of H-pyrrole nitrogens is 1. The summed E-state index contributed by atoms with van der Waals surface area (Å²) in [5, 5.41) is 19.4. The van der Waals surface area contributed by atoms with Gasteiger partial charge in [-0.15, -0.1) is 0 Å². The van der Waals surface area contributed by atoms with Crippen LogP contribution >= 0.6 is 0 Å². The molecular weight excluding hydrogens is 208 g/mol. The Hall–Kier alpha value is -2.11. The van der Waals surface area contributed by atoms with E-state index in [9.17, 15) is 4.79 Å². The molecule has 0 aliphatic carbocycles. The second-order valence-electron chi connectivity index (χ2n) is 3.56. The molecule has 2 aromatic heterocycles. The number of carbonyl (C=O) groups is 1. The molecule has 0 fully saturated rings. The monoisotopic (exact) mass is 220 g/mol. The molecule has 2 N–H and O–H groups in total. The number of aromatic nitrogens is 4. The van der Waals surface area contributed by atoms with Crippen LogP contribution in [0.1, 0.15) is 12.0 Å². The zero-order chi connectivity index (χ0) is 11.5. The van der Waals surface area contributed by atoms with E-state index in [0.29, 0.717) is 6.54 Å². The highest BCUT2D eigenvalue weighted by atomic mass is 16.4. The Morgan fingerprint density at radius 1 is 1.56 bits per heavy atom. The lowest BCUT2D eigenvalue weighted by atomic mass is 10.2. The Labute approximate surface area is 91.9 Å². The topological polar surface area (TPSA) is 83.8 Å². The quantitative estimate of drug-likeness (QED) is 0.806. The van der Waals surface area contributed by atoms with Crippen LogP contribution in [0.2, 0.25) is 0 Å². The number of hydrogen-bond donors (Lipinski definition) is 2. The van der Waals surface area contributed by atoms with E-state index in [0.717, 1.165) is 16.8 Å². The van der Waals surface area contributed by atoms with Crippen LogP contribution in [0.4, 0.5) is 0 Å². The van der Waals surface area contributed by atoms with Gasteiger partial charge in [-0.2, -0.15) is 10.2 Å². The van der Waals surface area contributed by atoms with E-state index in [1.165, 1.54) is 0 Å². The normalized spacial score (nSPS) is 10.6. The molecule has 0 spiro atoms. The molecule has 0 unspecified atom stereocenters. The predicted molar refractivity (Wildman–Crippen MR) is 56.8 cm³/mol. The first kappa shape index (κ1) is 10.4. The lowest BCUT2D eigenvalue weighted by Crippen LogP contribution is -2.04. The van der Waals surface area contributed by atoms with Gasteiger partial charge in [0.1, 0.15) is 0 Å². The summed E-state index contributed by atoms with van der Waals surface area (Å²) in [7, 11) is 0. The molecule has 2 heterocycles. The van der Waals surface area contributed by atoms with Gasteiger partial charge in [-0.3, -0.25) is 14.6 Å². The Balaban J connectivity index is 2.14. The Morgan fingerprint density at radius 2 is 2.38 bits per heavy atom. The van der Waals surface area contributed by atoms with Gasteiger partial charge in [-0.05, 0) is 12.5 Å². The van der Waals surface area contributed by atoms with E-state index in [1.807, 2.05) is 13.1 Å². The van der Waals surface area contributed by atoms with Gasteiger partial charge < -0.3 is 5.11 Å². The van der Waals surface area contributed by atoms with Crippen molar-refractivity contribution in [3.05, 3.63) is 24.2 Å². The molecule has 0 atom stereocenters. The Morgan fingerprint density at radius 3 is 3.00 bits per heavy atom. The van der Waals surface area contributed by atoms with E-state index in [1.54, 1.807) is 17.1 Å². The summed E-state index contributed by atoms with van der Waals surface area (Å²) in [6, 6.07) is 0. The first-order chi connectivity index (χ1) is 7.66. The number of nitrogens with one attached hydrogen (secondary N) is 1. The van der Waals surface area contributed by atoms with Crippen LogP contribution in [-0.4, -0.2) is 31.1 Å². The molecule has 2 rings (SSSR count). The first-order valence-electron chi connectivity index (χ1n) is 4.91. The minimum Gasteiger partial charge on any atom is -0.481 e.